The van der Waals surface area contributed by atoms with Gasteiger partial charge in [0.25, 0.3) is 0 Å². The van der Waals surface area contributed by atoms with E-state index in [1.807, 2.05) is 37.1 Å². The summed E-state index contributed by atoms with van der Waals surface area (Å²) in [6.07, 6.45) is 4.72. The smallest absolute Gasteiger partial charge is 0.191 e. The zero-order valence-corrected chi connectivity index (χ0v) is 19.8. The van der Waals surface area contributed by atoms with Gasteiger partial charge in [0.2, 0.25) is 0 Å². The molecule has 0 saturated carbocycles. The molecule has 156 valence electrons. The van der Waals surface area contributed by atoms with E-state index in [0.717, 1.165) is 37.0 Å². The SMILES string of the molecule is CN=C(NCCc1nccn1Cc1ccccc1)NCc1c(C)nn(C)c1C.I. The predicted octanol–water partition coefficient (Wildman–Crippen LogP) is 2.81. The monoisotopic (exact) mass is 507 g/mol. The maximum atomic E-state index is 4.51. The second kappa shape index (κ2) is 11.0. The van der Waals surface area contributed by atoms with Crippen LogP contribution >= 0.6 is 24.0 Å². The van der Waals surface area contributed by atoms with Crippen LogP contribution in [0.1, 0.15) is 28.3 Å². The average molecular weight is 507 g/mol. The van der Waals surface area contributed by atoms with Crippen molar-refractivity contribution in [3.8, 4) is 0 Å². The number of aromatic nitrogens is 4. The Morgan fingerprint density at radius 3 is 2.55 bits per heavy atom. The first-order valence-corrected chi connectivity index (χ1v) is 9.56. The number of halogens is 1. The first-order valence-electron chi connectivity index (χ1n) is 9.56. The van der Waals surface area contributed by atoms with Crippen molar-refractivity contribution in [3.05, 3.63) is 71.1 Å². The van der Waals surface area contributed by atoms with Crippen LogP contribution in [0.5, 0.6) is 0 Å². The van der Waals surface area contributed by atoms with Crippen LogP contribution in [-0.4, -0.2) is 38.9 Å². The molecule has 0 saturated heterocycles. The number of hydrogen-bond donors (Lipinski definition) is 2. The van der Waals surface area contributed by atoms with Gasteiger partial charge in [0.15, 0.2) is 5.96 Å². The van der Waals surface area contributed by atoms with E-state index in [4.69, 9.17) is 0 Å². The van der Waals surface area contributed by atoms with Crippen LogP contribution in [0.3, 0.4) is 0 Å². The maximum Gasteiger partial charge on any atom is 0.191 e. The van der Waals surface area contributed by atoms with Crippen molar-refractivity contribution in [1.29, 1.82) is 0 Å². The Kier molecular flexibility index (Phi) is 8.69. The predicted molar refractivity (Wildman–Crippen MR) is 128 cm³/mol. The molecule has 0 fully saturated rings. The molecule has 2 N–H and O–H groups in total. The summed E-state index contributed by atoms with van der Waals surface area (Å²) < 4.78 is 4.10. The Morgan fingerprint density at radius 2 is 1.90 bits per heavy atom. The fraction of sp³-hybridized carbons (Fsp3) is 0.381. The van der Waals surface area contributed by atoms with Crippen molar-refractivity contribution in [3.63, 3.8) is 0 Å². The number of hydrogen-bond acceptors (Lipinski definition) is 3. The normalized spacial score (nSPS) is 11.2. The number of nitrogens with one attached hydrogen (secondary N) is 2. The van der Waals surface area contributed by atoms with Gasteiger partial charge in [-0.25, -0.2) is 4.98 Å². The van der Waals surface area contributed by atoms with Crippen LogP contribution < -0.4 is 10.6 Å². The van der Waals surface area contributed by atoms with Gasteiger partial charge < -0.3 is 15.2 Å². The molecular weight excluding hydrogens is 477 g/mol. The van der Waals surface area contributed by atoms with Crippen molar-refractivity contribution >= 4 is 29.9 Å². The van der Waals surface area contributed by atoms with Crippen molar-refractivity contribution in [1.82, 2.24) is 30.0 Å². The lowest BCUT2D eigenvalue weighted by Gasteiger charge is -2.13. The van der Waals surface area contributed by atoms with E-state index in [2.05, 4.69) is 61.5 Å². The molecule has 2 heterocycles. The molecule has 0 spiro atoms. The van der Waals surface area contributed by atoms with Gasteiger partial charge in [-0.3, -0.25) is 9.67 Å². The second-order valence-corrected chi connectivity index (χ2v) is 6.83. The number of guanidine groups is 1. The Balaban J connectivity index is 0.00000300. The highest BCUT2D eigenvalue weighted by molar-refractivity contribution is 14.0. The van der Waals surface area contributed by atoms with Gasteiger partial charge in [0, 0.05) is 63.8 Å². The summed E-state index contributed by atoms with van der Waals surface area (Å²) in [4.78, 5) is 8.82. The largest absolute Gasteiger partial charge is 0.356 e. The van der Waals surface area contributed by atoms with Gasteiger partial charge >= 0.3 is 0 Å². The Bertz CT molecular complexity index is 928. The van der Waals surface area contributed by atoms with Crippen molar-refractivity contribution in [2.45, 2.75) is 33.4 Å². The highest BCUT2D eigenvalue weighted by Gasteiger charge is 2.10. The topological polar surface area (TPSA) is 72.1 Å². The van der Waals surface area contributed by atoms with Crippen LogP contribution in [0, 0.1) is 13.8 Å². The Labute approximate surface area is 189 Å². The van der Waals surface area contributed by atoms with Crippen molar-refractivity contribution in [2.75, 3.05) is 13.6 Å². The molecule has 8 heteroatoms. The lowest BCUT2D eigenvalue weighted by Crippen LogP contribution is -2.38. The van der Waals surface area contributed by atoms with E-state index in [1.165, 1.54) is 16.8 Å². The molecule has 0 radical (unpaired) electrons. The number of nitrogens with zero attached hydrogens (tertiary/aromatic N) is 5. The molecule has 3 aromatic rings. The number of aliphatic imine (C=N–C) groups is 1. The van der Waals surface area contributed by atoms with E-state index < -0.39 is 0 Å². The Hall–Kier alpha value is -2.36. The fourth-order valence-corrected chi connectivity index (χ4v) is 3.25. The number of imidazole rings is 1. The van der Waals surface area contributed by atoms with Gasteiger partial charge in [-0.05, 0) is 19.4 Å². The van der Waals surface area contributed by atoms with Gasteiger partial charge in [-0.1, -0.05) is 30.3 Å². The lowest BCUT2D eigenvalue weighted by molar-refractivity contribution is 0.693. The third-order valence-electron chi connectivity index (χ3n) is 4.95. The minimum atomic E-state index is 0. The number of aryl methyl sites for hydroxylation is 2. The molecule has 0 atom stereocenters. The lowest BCUT2D eigenvalue weighted by atomic mass is 10.2. The number of rotatable bonds is 7. The summed E-state index contributed by atoms with van der Waals surface area (Å²) in [5.74, 6) is 1.84. The highest BCUT2D eigenvalue weighted by Crippen LogP contribution is 2.11. The third kappa shape index (κ3) is 6.06. The number of benzene rings is 1. The summed E-state index contributed by atoms with van der Waals surface area (Å²) in [6.45, 7) is 6.42. The van der Waals surface area contributed by atoms with E-state index in [9.17, 15) is 0 Å². The maximum absolute atomic E-state index is 4.51. The molecule has 2 aromatic heterocycles. The minimum absolute atomic E-state index is 0. The molecular formula is C21H30IN7. The van der Waals surface area contributed by atoms with E-state index in [0.29, 0.717) is 6.54 Å². The summed E-state index contributed by atoms with van der Waals surface area (Å²) in [7, 11) is 3.76. The van der Waals surface area contributed by atoms with Gasteiger partial charge in [0.05, 0.1) is 5.69 Å². The zero-order chi connectivity index (χ0) is 19.9. The van der Waals surface area contributed by atoms with Crippen LogP contribution in [0.4, 0.5) is 0 Å². The van der Waals surface area contributed by atoms with Crippen LogP contribution in [0.15, 0.2) is 47.7 Å². The fourth-order valence-electron chi connectivity index (χ4n) is 3.25. The van der Waals surface area contributed by atoms with Gasteiger partial charge in [-0.2, -0.15) is 5.10 Å². The summed E-state index contributed by atoms with van der Waals surface area (Å²) >= 11 is 0. The molecule has 0 aliphatic heterocycles. The summed E-state index contributed by atoms with van der Waals surface area (Å²) in [5, 5.41) is 11.2. The first kappa shape index (κ1) is 22.9. The standard InChI is InChI=1S/C21H29N7.HI/c1-16-19(17(2)27(4)26-16)14-25-21(22-3)24-11-10-20-23-12-13-28(20)15-18-8-6-5-7-9-18;/h5-9,12-13H,10-11,14-15H2,1-4H3,(H2,22,24,25);1H. The highest BCUT2D eigenvalue weighted by atomic mass is 127. The molecule has 0 amide bonds. The minimum Gasteiger partial charge on any atom is -0.356 e. The quantitative estimate of drug-likeness (QED) is 0.293. The summed E-state index contributed by atoms with van der Waals surface area (Å²) in [5.41, 5.74) is 4.70. The molecule has 0 aliphatic rings. The average Bonchev–Trinajstić information content (AvgIpc) is 3.23. The Morgan fingerprint density at radius 1 is 1.14 bits per heavy atom. The molecule has 29 heavy (non-hydrogen) atoms. The zero-order valence-electron chi connectivity index (χ0n) is 17.5. The molecule has 0 bridgehead atoms. The molecule has 7 nitrogen and oxygen atoms in total. The van der Waals surface area contributed by atoms with Crippen molar-refractivity contribution < 1.29 is 0 Å². The second-order valence-electron chi connectivity index (χ2n) is 6.83. The van der Waals surface area contributed by atoms with E-state index in [1.54, 1.807) is 7.05 Å². The molecule has 1 aromatic carbocycles. The molecule has 3 rings (SSSR count). The van der Waals surface area contributed by atoms with E-state index >= 15 is 0 Å². The third-order valence-corrected chi connectivity index (χ3v) is 4.95. The molecule has 0 unspecified atom stereocenters. The van der Waals surface area contributed by atoms with Crippen LogP contribution in [0.2, 0.25) is 0 Å². The van der Waals surface area contributed by atoms with Gasteiger partial charge in [-0.15, -0.1) is 24.0 Å². The van der Waals surface area contributed by atoms with E-state index in [-0.39, 0.29) is 24.0 Å². The van der Waals surface area contributed by atoms with Crippen LogP contribution in [0.25, 0.3) is 0 Å². The van der Waals surface area contributed by atoms with Crippen molar-refractivity contribution in [2.24, 2.45) is 12.0 Å². The summed E-state index contributed by atoms with van der Waals surface area (Å²) in [6, 6.07) is 10.4. The van der Waals surface area contributed by atoms with Crippen LogP contribution in [-0.2, 0) is 26.6 Å². The first-order chi connectivity index (χ1) is 13.6. The molecule has 0 aliphatic carbocycles. The van der Waals surface area contributed by atoms with Gasteiger partial charge in [0.1, 0.15) is 5.82 Å².